The molecule has 1 aliphatic heterocycles. The highest BCUT2D eigenvalue weighted by atomic mass is 16.6. The molecule has 0 aromatic heterocycles. The van der Waals surface area contributed by atoms with Crippen molar-refractivity contribution in [2.45, 2.75) is 74.6 Å². The monoisotopic (exact) mass is 696 g/mol. The Morgan fingerprint density at radius 2 is 1.66 bits per heavy atom. The first-order valence-electron chi connectivity index (χ1n) is 15.6. The lowest BCUT2D eigenvalue weighted by Crippen LogP contribution is -2.73. The molecule has 0 saturated carbocycles. The summed E-state index contributed by atoms with van der Waals surface area (Å²) in [6.07, 6.45) is -6.97. The lowest BCUT2D eigenvalue weighted by molar-refractivity contribution is -0.236. The highest BCUT2D eigenvalue weighted by molar-refractivity contribution is 6.30. The molecule has 0 unspecified atom stereocenters. The second-order valence-electron chi connectivity index (χ2n) is 12.8. The second kappa shape index (κ2) is 12.1. The van der Waals surface area contributed by atoms with Crippen molar-refractivity contribution in [3.63, 3.8) is 0 Å². The van der Waals surface area contributed by atoms with E-state index in [-0.39, 0.29) is 16.8 Å². The topological polar surface area (TPSA) is 261 Å². The van der Waals surface area contributed by atoms with E-state index in [1.165, 1.54) is 27.2 Å². The fourth-order valence-electron chi connectivity index (χ4n) is 7.93. The zero-order valence-corrected chi connectivity index (χ0v) is 27.6. The third-order valence-corrected chi connectivity index (χ3v) is 10.3. The van der Waals surface area contributed by atoms with Gasteiger partial charge in [0.15, 0.2) is 23.2 Å². The number of nitrogens with two attached hydrogens (primary N) is 1. The molecular formula is C34H36N2O14. The van der Waals surface area contributed by atoms with Crippen LogP contribution in [0.25, 0.3) is 0 Å². The number of aromatic hydroxyl groups is 2. The van der Waals surface area contributed by atoms with Gasteiger partial charge >= 0.3 is 0 Å². The number of hydrogen-bond donors (Lipinski definition) is 7. The van der Waals surface area contributed by atoms with Crippen LogP contribution in [0, 0.1) is 6.92 Å². The van der Waals surface area contributed by atoms with Gasteiger partial charge in [0.1, 0.15) is 29.8 Å². The molecule has 3 aliphatic carbocycles. The summed E-state index contributed by atoms with van der Waals surface area (Å²) < 4.78 is 22.0. The molecule has 4 aliphatic rings. The molecule has 16 nitrogen and oxygen atoms in total. The van der Waals surface area contributed by atoms with E-state index in [4.69, 9.17) is 24.7 Å². The van der Waals surface area contributed by atoms with Gasteiger partial charge in [0, 0.05) is 56.1 Å². The summed E-state index contributed by atoms with van der Waals surface area (Å²) in [6.45, 7) is 3.15. The number of primary amides is 1. The standard InChI is InChI=1S/C34H36N2O14/c1-11-6-13-7-19(38)34(49-5)31(45)22-16(30(44)33(34,46)23(13)25(41)14(11)9-20(35)39)8-15-21(26(22)42)18(37)10-17(24(15)40)36-32-29(48-4)27(43)28(47-3)12(2)50-32/h6,8,10,12,19,27-29,32,36,38,41-43,46H,7,9H2,1-5H3,(H2,35,39)/t12-,19+,27+,28-,29+,32-,33-,34+/m0/s1. The van der Waals surface area contributed by atoms with Crippen LogP contribution in [0.1, 0.15) is 70.6 Å². The molecule has 8 atom stereocenters. The lowest BCUT2D eigenvalue weighted by Gasteiger charge is -2.53. The summed E-state index contributed by atoms with van der Waals surface area (Å²) in [6, 6.07) is 2.28. The fourth-order valence-corrected chi connectivity index (χ4v) is 7.93. The molecule has 6 rings (SSSR count). The van der Waals surface area contributed by atoms with E-state index in [0.717, 1.165) is 19.3 Å². The summed E-state index contributed by atoms with van der Waals surface area (Å²) in [5, 5.41) is 60.4. The third kappa shape index (κ3) is 4.53. The van der Waals surface area contributed by atoms with Crippen LogP contribution in [0.15, 0.2) is 23.9 Å². The van der Waals surface area contributed by atoms with Crippen molar-refractivity contribution in [1.29, 1.82) is 0 Å². The SMILES string of the molecule is CO[C@@H]1[C@@H](O)[C@@H](OC)[C@@H](NC2=CC(=O)c3c(cc4c(c3O)C(=O)[C@]3(OC)[C@H](O)Cc5cc(C)c(CC(N)=O)c(O)c5[C@]3(O)C4=O)C2=O)O[C@H]1C. The van der Waals surface area contributed by atoms with Crippen LogP contribution in [0.3, 0.4) is 0 Å². The van der Waals surface area contributed by atoms with Crippen molar-refractivity contribution in [3.05, 3.63) is 68.4 Å². The predicted molar refractivity (Wildman–Crippen MR) is 168 cm³/mol. The number of phenolic OH excluding ortho intramolecular Hbond substituents is 2. The summed E-state index contributed by atoms with van der Waals surface area (Å²) in [5.41, 5.74) is -3.88. The predicted octanol–water partition coefficient (Wildman–Crippen LogP) is -1.01. The Morgan fingerprint density at radius 1 is 1.00 bits per heavy atom. The molecule has 16 heteroatoms. The number of carbonyl (C=O) groups excluding carboxylic acids is 5. The normalized spacial score (nSPS) is 31.7. The van der Waals surface area contributed by atoms with Crippen molar-refractivity contribution >= 4 is 29.0 Å². The Hall–Kier alpha value is -4.55. The van der Waals surface area contributed by atoms with E-state index in [2.05, 4.69) is 5.32 Å². The number of phenols is 2. The largest absolute Gasteiger partial charge is 0.507 e. The first kappa shape index (κ1) is 35.3. The molecule has 1 saturated heterocycles. The average Bonchev–Trinajstić information content (AvgIpc) is 3.04. The van der Waals surface area contributed by atoms with Gasteiger partial charge < -0.3 is 55.5 Å². The van der Waals surface area contributed by atoms with Crippen LogP contribution in [0.2, 0.25) is 0 Å². The second-order valence-corrected chi connectivity index (χ2v) is 12.8. The number of rotatable bonds is 7. The molecule has 266 valence electrons. The summed E-state index contributed by atoms with van der Waals surface area (Å²) in [7, 11) is 3.60. The first-order chi connectivity index (χ1) is 23.5. The van der Waals surface area contributed by atoms with Crippen molar-refractivity contribution < 1.29 is 68.5 Å². The molecule has 2 aromatic rings. The van der Waals surface area contributed by atoms with Gasteiger partial charge in [-0.15, -0.1) is 0 Å². The van der Waals surface area contributed by atoms with Crippen LogP contribution in [0.5, 0.6) is 11.5 Å². The van der Waals surface area contributed by atoms with E-state index < -0.39 is 129 Å². The van der Waals surface area contributed by atoms with Crippen molar-refractivity contribution in [2.75, 3.05) is 21.3 Å². The minimum Gasteiger partial charge on any atom is -0.507 e. The Labute approximate surface area is 284 Å². The minimum atomic E-state index is -3.17. The van der Waals surface area contributed by atoms with Crippen LogP contribution >= 0.6 is 0 Å². The molecular weight excluding hydrogens is 660 g/mol. The highest BCUT2D eigenvalue weighted by Gasteiger charge is 2.72. The molecule has 1 heterocycles. The number of aliphatic hydroxyl groups is 3. The molecule has 1 amide bonds. The van der Waals surface area contributed by atoms with Crippen molar-refractivity contribution in [3.8, 4) is 11.5 Å². The maximum atomic E-state index is 14.6. The van der Waals surface area contributed by atoms with E-state index >= 15 is 0 Å². The number of ether oxygens (including phenoxy) is 4. The number of aliphatic hydroxyl groups excluding tert-OH is 2. The molecule has 0 spiro atoms. The van der Waals surface area contributed by atoms with E-state index in [9.17, 15) is 49.5 Å². The van der Waals surface area contributed by atoms with E-state index in [0.29, 0.717) is 5.56 Å². The maximum Gasteiger partial charge on any atom is 0.221 e. The number of nitrogens with one attached hydrogen (secondary N) is 1. The molecule has 0 radical (unpaired) electrons. The summed E-state index contributed by atoms with van der Waals surface area (Å²) in [4.78, 5) is 68.3. The number of fused-ring (bicyclic) bond motifs is 5. The first-order valence-corrected chi connectivity index (χ1v) is 15.6. The molecule has 8 N–H and O–H groups in total. The molecule has 2 aromatic carbocycles. The average molecular weight is 697 g/mol. The highest BCUT2D eigenvalue weighted by Crippen LogP contribution is 2.56. The Morgan fingerprint density at radius 3 is 2.26 bits per heavy atom. The number of carbonyl (C=O) groups is 5. The van der Waals surface area contributed by atoms with Crippen LogP contribution in [-0.2, 0) is 42.2 Å². The summed E-state index contributed by atoms with van der Waals surface area (Å²) >= 11 is 0. The van der Waals surface area contributed by atoms with Crippen molar-refractivity contribution in [2.24, 2.45) is 5.73 Å². The van der Waals surface area contributed by atoms with Gasteiger partial charge in [-0.1, -0.05) is 6.07 Å². The van der Waals surface area contributed by atoms with Gasteiger partial charge in [-0.25, -0.2) is 0 Å². The Bertz CT molecular complexity index is 1920. The molecule has 1 fully saturated rings. The van der Waals surface area contributed by atoms with Gasteiger partial charge in [0.25, 0.3) is 0 Å². The van der Waals surface area contributed by atoms with Crippen LogP contribution in [-0.4, -0.2) is 118 Å². The van der Waals surface area contributed by atoms with E-state index in [1.807, 2.05) is 0 Å². The number of benzene rings is 2. The third-order valence-electron chi connectivity index (χ3n) is 10.3. The molecule has 50 heavy (non-hydrogen) atoms. The fraction of sp³-hybridized carbons (Fsp3) is 0.441. The van der Waals surface area contributed by atoms with Gasteiger partial charge in [-0.2, -0.15) is 0 Å². The van der Waals surface area contributed by atoms with Crippen LogP contribution in [0.4, 0.5) is 0 Å². The minimum absolute atomic E-state index is 0.0515. The Kier molecular flexibility index (Phi) is 8.50. The number of amides is 1. The van der Waals surface area contributed by atoms with Gasteiger partial charge in [-0.05, 0) is 31.0 Å². The number of Topliss-reactive ketones (excluding diaryl/α,β-unsaturated/α-hetero) is 3. The lowest BCUT2D eigenvalue weighted by atomic mass is 9.56. The Balaban J connectivity index is 1.51. The van der Waals surface area contributed by atoms with Gasteiger partial charge in [0.2, 0.25) is 23.3 Å². The zero-order chi connectivity index (χ0) is 36.8. The van der Waals surface area contributed by atoms with Gasteiger partial charge in [0.05, 0.1) is 35.5 Å². The number of hydrogen-bond acceptors (Lipinski definition) is 15. The number of methoxy groups -OCH3 is 3. The number of aryl methyl sites for hydroxylation is 1. The zero-order valence-electron chi connectivity index (χ0n) is 27.6. The van der Waals surface area contributed by atoms with E-state index in [1.54, 1.807) is 6.92 Å². The molecule has 0 bridgehead atoms. The smallest absolute Gasteiger partial charge is 0.221 e. The summed E-state index contributed by atoms with van der Waals surface area (Å²) in [5.74, 6) is -7.23. The van der Waals surface area contributed by atoms with Gasteiger partial charge in [-0.3, -0.25) is 24.0 Å². The quantitative estimate of drug-likeness (QED) is 0.183. The maximum absolute atomic E-state index is 14.6. The number of allylic oxidation sites excluding steroid dienone is 2. The number of ketones is 4. The van der Waals surface area contributed by atoms with Crippen molar-refractivity contribution in [1.82, 2.24) is 5.32 Å². The van der Waals surface area contributed by atoms with Crippen LogP contribution < -0.4 is 11.1 Å².